The van der Waals surface area contributed by atoms with Gasteiger partial charge in [-0.15, -0.1) is 0 Å². The maximum Gasteiger partial charge on any atom is 0.410 e. The second-order valence-electron chi connectivity index (χ2n) is 9.71. The molecule has 178 valence electrons. The zero-order chi connectivity index (χ0) is 23.4. The van der Waals surface area contributed by atoms with Crippen molar-refractivity contribution in [1.29, 1.82) is 0 Å². The third-order valence-electron chi connectivity index (χ3n) is 6.91. The van der Waals surface area contributed by atoms with E-state index in [0.29, 0.717) is 48.7 Å². The van der Waals surface area contributed by atoms with Gasteiger partial charge in [0.15, 0.2) is 5.65 Å². The van der Waals surface area contributed by atoms with Crippen molar-refractivity contribution in [2.24, 2.45) is 0 Å². The minimum Gasteiger partial charge on any atom is -0.474 e. The predicted octanol–water partition coefficient (Wildman–Crippen LogP) is 3.56. The first kappa shape index (κ1) is 21.3. The summed E-state index contributed by atoms with van der Waals surface area (Å²) in [6.45, 7) is 4.70. The molecule has 9 nitrogen and oxygen atoms in total. The zero-order valence-electron chi connectivity index (χ0n) is 19.1. The highest BCUT2D eigenvalue weighted by atomic mass is 19.1. The van der Waals surface area contributed by atoms with Crippen molar-refractivity contribution >= 4 is 17.1 Å². The van der Waals surface area contributed by atoms with Gasteiger partial charge in [-0.3, -0.25) is 4.90 Å². The van der Waals surface area contributed by atoms with E-state index >= 15 is 0 Å². The predicted molar refractivity (Wildman–Crippen MR) is 119 cm³/mol. The summed E-state index contributed by atoms with van der Waals surface area (Å²) in [4.78, 5) is 23.3. The maximum absolute atomic E-state index is 14.6. The lowest BCUT2D eigenvalue weighted by atomic mass is 9.92. The number of carbonyl (C=O) groups excluding carboxylic acids is 1. The third kappa shape index (κ3) is 3.75. The van der Waals surface area contributed by atoms with Gasteiger partial charge in [0.1, 0.15) is 34.9 Å². The van der Waals surface area contributed by atoms with Crippen LogP contribution < -0.4 is 4.74 Å². The highest BCUT2D eigenvalue weighted by Gasteiger charge is 2.48. The Hall–Kier alpha value is -3.27. The summed E-state index contributed by atoms with van der Waals surface area (Å²) < 4.78 is 33.8. The summed E-state index contributed by atoms with van der Waals surface area (Å²) in [6, 6.07) is 4.74. The fourth-order valence-electron chi connectivity index (χ4n) is 4.84. The Morgan fingerprint density at radius 1 is 1.21 bits per heavy atom. The van der Waals surface area contributed by atoms with Crippen molar-refractivity contribution in [2.75, 3.05) is 13.2 Å². The molecular formula is C24H26FN5O4. The molecule has 2 bridgehead atoms. The number of hydrogen-bond acceptors (Lipinski definition) is 7. The van der Waals surface area contributed by atoms with E-state index in [0.717, 1.165) is 18.4 Å². The number of aromatic nitrogens is 4. The van der Waals surface area contributed by atoms with Crippen LogP contribution in [-0.4, -0.2) is 67.7 Å². The van der Waals surface area contributed by atoms with E-state index in [1.54, 1.807) is 12.3 Å². The molecule has 2 aliphatic heterocycles. The number of morpholine rings is 1. The molecule has 2 unspecified atom stereocenters. The van der Waals surface area contributed by atoms with Crippen LogP contribution in [0.2, 0.25) is 0 Å². The lowest BCUT2D eigenvalue weighted by molar-refractivity contribution is -0.0953. The Morgan fingerprint density at radius 2 is 1.97 bits per heavy atom. The molecule has 1 saturated carbocycles. The molecule has 10 heteroatoms. The van der Waals surface area contributed by atoms with Crippen LogP contribution in [0.4, 0.5) is 9.18 Å². The molecule has 6 rings (SSSR count). The first-order valence-corrected chi connectivity index (χ1v) is 11.6. The summed E-state index contributed by atoms with van der Waals surface area (Å²) in [5.74, 6) is 0.0208. The van der Waals surface area contributed by atoms with Gasteiger partial charge in [0.2, 0.25) is 5.88 Å². The number of hydrogen-bond donors (Lipinski definition) is 0. The van der Waals surface area contributed by atoms with E-state index in [2.05, 4.69) is 15.1 Å². The number of rotatable bonds is 4. The molecule has 3 aromatic rings. The molecule has 2 saturated heterocycles. The standard InChI is InChI=1S/C24H26FN5O4/c1-14-3-4-20(19(25)7-14)30-21-18(10-28-30)22(27-13-26-21)33-17-8-15-11-32-12-16(9-17)29(15)23(31)34-24(2)5-6-24/h3-4,7,10,13,15-17H,5-6,8-9,11-12H2,1-2H3. The van der Waals surface area contributed by atoms with Crippen molar-refractivity contribution in [3.63, 3.8) is 0 Å². The zero-order valence-corrected chi connectivity index (χ0v) is 19.1. The van der Waals surface area contributed by atoms with Crippen LogP contribution in [0.5, 0.6) is 5.88 Å². The van der Waals surface area contributed by atoms with Gasteiger partial charge < -0.3 is 14.2 Å². The Morgan fingerprint density at radius 3 is 2.68 bits per heavy atom. The molecule has 34 heavy (non-hydrogen) atoms. The lowest BCUT2D eigenvalue weighted by Gasteiger charge is -2.47. The molecule has 1 aromatic carbocycles. The van der Waals surface area contributed by atoms with Gasteiger partial charge in [0.05, 0.1) is 31.5 Å². The van der Waals surface area contributed by atoms with Crippen molar-refractivity contribution in [2.45, 2.75) is 63.3 Å². The number of amides is 1. The van der Waals surface area contributed by atoms with Crippen LogP contribution >= 0.6 is 0 Å². The summed E-state index contributed by atoms with van der Waals surface area (Å²) in [5, 5.41) is 4.95. The third-order valence-corrected chi connectivity index (χ3v) is 6.91. The van der Waals surface area contributed by atoms with Gasteiger partial charge in [0.25, 0.3) is 0 Å². The Kier molecular flexibility index (Phi) is 4.94. The van der Waals surface area contributed by atoms with Gasteiger partial charge >= 0.3 is 6.09 Å². The van der Waals surface area contributed by atoms with Gasteiger partial charge in [-0.1, -0.05) is 6.07 Å². The number of ether oxygens (including phenoxy) is 3. The molecule has 0 radical (unpaired) electrons. The first-order chi connectivity index (χ1) is 16.4. The monoisotopic (exact) mass is 467 g/mol. The number of halogens is 1. The Bertz CT molecular complexity index is 1250. The maximum atomic E-state index is 14.6. The Balaban J connectivity index is 1.23. The van der Waals surface area contributed by atoms with Crippen LogP contribution in [-0.2, 0) is 9.47 Å². The van der Waals surface area contributed by atoms with E-state index in [1.807, 2.05) is 24.8 Å². The topological polar surface area (TPSA) is 91.6 Å². The second-order valence-corrected chi connectivity index (χ2v) is 9.71. The number of carbonyl (C=O) groups is 1. The SMILES string of the molecule is Cc1ccc(-n2ncc3c(OC4CC5COCC(C4)N5C(=O)OC4(C)CC4)ncnc32)c(F)c1. The molecule has 1 aliphatic carbocycles. The highest BCUT2D eigenvalue weighted by Crippen LogP contribution is 2.41. The van der Waals surface area contributed by atoms with E-state index in [1.165, 1.54) is 17.1 Å². The minimum absolute atomic E-state index is 0.117. The molecule has 1 amide bonds. The molecule has 4 heterocycles. The summed E-state index contributed by atoms with van der Waals surface area (Å²) >= 11 is 0. The van der Waals surface area contributed by atoms with Crippen molar-refractivity contribution in [3.05, 3.63) is 42.1 Å². The highest BCUT2D eigenvalue weighted by molar-refractivity contribution is 5.81. The molecule has 2 atom stereocenters. The van der Waals surface area contributed by atoms with Crippen LogP contribution in [0.25, 0.3) is 16.7 Å². The largest absolute Gasteiger partial charge is 0.474 e. The van der Waals surface area contributed by atoms with Crippen molar-refractivity contribution in [3.8, 4) is 11.6 Å². The molecule has 3 aliphatic rings. The summed E-state index contributed by atoms with van der Waals surface area (Å²) in [7, 11) is 0. The van der Waals surface area contributed by atoms with Crippen LogP contribution in [0.1, 0.15) is 38.2 Å². The fourth-order valence-corrected chi connectivity index (χ4v) is 4.84. The van der Waals surface area contributed by atoms with E-state index < -0.39 is 0 Å². The first-order valence-electron chi connectivity index (χ1n) is 11.6. The Labute approximate surface area is 195 Å². The minimum atomic E-state index is -0.377. The van der Waals surface area contributed by atoms with Gasteiger partial charge in [-0.05, 0) is 44.4 Å². The van der Waals surface area contributed by atoms with E-state index in [-0.39, 0.29) is 35.7 Å². The van der Waals surface area contributed by atoms with Gasteiger partial charge in [-0.2, -0.15) is 5.10 Å². The number of benzene rings is 1. The molecule has 0 spiro atoms. The normalized spacial score (nSPS) is 25.3. The van der Waals surface area contributed by atoms with Crippen LogP contribution in [0.3, 0.4) is 0 Å². The van der Waals surface area contributed by atoms with E-state index in [4.69, 9.17) is 14.2 Å². The molecule has 2 aromatic heterocycles. The molecule has 0 N–H and O–H groups in total. The van der Waals surface area contributed by atoms with Crippen LogP contribution in [0, 0.1) is 12.7 Å². The van der Waals surface area contributed by atoms with E-state index in [9.17, 15) is 9.18 Å². The number of nitrogens with zero attached hydrogens (tertiary/aromatic N) is 5. The van der Waals surface area contributed by atoms with Crippen molar-refractivity contribution in [1.82, 2.24) is 24.6 Å². The van der Waals surface area contributed by atoms with Gasteiger partial charge in [0, 0.05) is 12.8 Å². The van der Waals surface area contributed by atoms with Crippen molar-refractivity contribution < 1.29 is 23.4 Å². The number of aryl methyl sites for hydroxylation is 1. The van der Waals surface area contributed by atoms with Gasteiger partial charge in [-0.25, -0.2) is 23.8 Å². The average molecular weight is 468 g/mol. The second kappa shape index (κ2) is 7.90. The number of piperidine rings is 1. The lowest BCUT2D eigenvalue weighted by Crippen LogP contribution is -2.61. The smallest absolute Gasteiger partial charge is 0.410 e. The fraction of sp³-hybridized carbons (Fsp3) is 0.500. The quantitative estimate of drug-likeness (QED) is 0.579. The number of fused-ring (bicyclic) bond motifs is 3. The molecule has 3 fully saturated rings. The molecular weight excluding hydrogens is 441 g/mol. The van der Waals surface area contributed by atoms with Crippen LogP contribution in [0.15, 0.2) is 30.7 Å². The average Bonchev–Trinajstić information content (AvgIpc) is 3.35. The summed E-state index contributed by atoms with van der Waals surface area (Å²) in [6.07, 6.45) is 5.61. The summed E-state index contributed by atoms with van der Waals surface area (Å²) in [5.41, 5.74) is 1.29.